The maximum absolute atomic E-state index is 10.8. The first-order valence-electron chi connectivity index (χ1n) is 6.57. The molecule has 0 aromatic heterocycles. The summed E-state index contributed by atoms with van der Waals surface area (Å²) in [5.74, 6) is 0.687. The number of nitro groups is 1. The van der Waals surface area contributed by atoms with Crippen molar-refractivity contribution >= 4 is 11.4 Å². The lowest BCUT2D eigenvalue weighted by Gasteiger charge is -2.18. The molecule has 0 atom stereocenters. The van der Waals surface area contributed by atoms with Gasteiger partial charge >= 0.3 is 0 Å². The standard InChI is InChI=1S/C14H23N3O2/c1-11(2)7-8-16(4)10-12-5-6-14(17(18)19)13(9-12)15-3/h5-6,9,11,15H,7-8,10H2,1-4H3. The minimum absolute atomic E-state index is 0.121. The third kappa shape index (κ3) is 4.87. The Morgan fingerprint density at radius 3 is 2.63 bits per heavy atom. The molecule has 1 N–H and O–H groups in total. The van der Waals surface area contributed by atoms with Crippen LogP contribution in [0.1, 0.15) is 25.8 Å². The van der Waals surface area contributed by atoms with E-state index in [0.29, 0.717) is 11.6 Å². The van der Waals surface area contributed by atoms with Crippen LogP contribution in [-0.4, -0.2) is 30.5 Å². The Bertz CT molecular complexity index is 433. The van der Waals surface area contributed by atoms with E-state index in [0.717, 1.165) is 25.1 Å². The molecule has 0 aliphatic heterocycles. The van der Waals surface area contributed by atoms with Crippen molar-refractivity contribution in [2.75, 3.05) is 26.0 Å². The zero-order valence-corrected chi connectivity index (χ0v) is 12.1. The smallest absolute Gasteiger partial charge is 0.292 e. The van der Waals surface area contributed by atoms with Gasteiger partial charge in [0, 0.05) is 19.7 Å². The number of anilines is 1. The second-order valence-electron chi connectivity index (χ2n) is 5.28. The first kappa shape index (κ1) is 15.4. The van der Waals surface area contributed by atoms with Crippen LogP contribution in [0.5, 0.6) is 0 Å². The van der Waals surface area contributed by atoms with Crippen molar-refractivity contribution in [1.29, 1.82) is 0 Å². The maximum Gasteiger partial charge on any atom is 0.292 e. The van der Waals surface area contributed by atoms with Crippen LogP contribution >= 0.6 is 0 Å². The van der Waals surface area contributed by atoms with Gasteiger partial charge in [0.15, 0.2) is 0 Å². The van der Waals surface area contributed by atoms with E-state index in [-0.39, 0.29) is 10.6 Å². The van der Waals surface area contributed by atoms with Crippen molar-refractivity contribution < 1.29 is 4.92 Å². The van der Waals surface area contributed by atoms with Crippen LogP contribution in [-0.2, 0) is 6.54 Å². The fourth-order valence-electron chi connectivity index (χ4n) is 1.91. The Morgan fingerprint density at radius 2 is 2.11 bits per heavy atom. The average molecular weight is 265 g/mol. The third-order valence-corrected chi connectivity index (χ3v) is 3.07. The lowest BCUT2D eigenvalue weighted by Crippen LogP contribution is -2.20. The van der Waals surface area contributed by atoms with Gasteiger partial charge in [0.05, 0.1) is 4.92 Å². The second kappa shape index (κ2) is 7.09. The van der Waals surface area contributed by atoms with E-state index in [1.54, 1.807) is 13.1 Å². The second-order valence-corrected chi connectivity index (χ2v) is 5.28. The molecule has 0 amide bonds. The molecule has 0 aliphatic carbocycles. The quantitative estimate of drug-likeness (QED) is 0.608. The molecule has 0 unspecified atom stereocenters. The van der Waals surface area contributed by atoms with Gasteiger partial charge in [-0.15, -0.1) is 0 Å². The van der Waals surface area contributed by atoms with Crippen LogP contribution in [0.2, 0.25) is 0 Å². The van der Waals surface area contributed by atoms with E-state index >= 15 is 0 Å². The van der Waals surface area contributed by atoms with E-state index in [4.69, 9.17) is 0 Å². The zero-order chi connectivity index (χ0) is 14.4. The molecule has 1 rings (SSSR count). The number of nitrogens with one attached hydrogen (secondary N) is 1. The van der Waals surface area contributed by atoms with Crippen molar-refractivity contribution in [2.24, 2.45) is 5.92 Å². The average Bonchev–Trinajstić information content (AvgIpc) is 2.35. The number of rotatable bonds is 7. The molecule has 0 saturated carbocycles. The lowest BCUT2D eigenvalue weighted by atomic mass is 10.1. The highest BCUT2D eigenvalue weighted by Gasteiger charge is 2.13. The summed E-state index contributed by atoms with van der Waals surface area (Å²) in [6.07, 6.45) is 1.16. The SMILES string of the molecule is CNc1cc(CN(C)CCC(C)C)ccc1[N+](=O)[O-]. The van der Waals surface area contributed by atoms with Gasteiger partial charge in [0.25, 0.3) is 5.69 Å². The van der Waals surface area contributed by atoms with Crippen molar-refractivity contribution in [3.05, 3.63) is 33.9 Å². The predicted molar refractivity (Wildman–Crippen MR) is 78.4 cm³/mol. The summed E-state index contributed by atoms with van der Waals surface area (Å²) in [6.45, 7) is 6.25. The maximum atomic E-state index is 10.8. The van der Waals surface area contributed by atoms with Gasteiger partial charge in [-0.25, -0.2) is 0 Å². The molecule has 5 nitrogen and oxygen atoms in total. The lowest BCUT2D eigenvalue weighted by molar-refractivity contribution is -0.384. The van der Waals surface area contributed by atoms with Crippen LogP contribution in [0.25, 0.3) is 0 Å². The van der Waals surface area contributed by atoms with E-state index < -0.39 is 0 Å². The molecule has 19 heavy (non-hydrogen) atoms. The molecule has 0 spiro atoms. The Kier molecular flexibility index (Phi) is 5.76. The van der Waals surface area contributed by atoms with Crippen molar-refractivity contribution in [3.63, 3.8) is 0 Å². The van der Waals surface area contributed by atoms with Gasteiger partial charge in [0.1, 0.15) is 5.69 Å². The summed E-state index contributed by atoms with van der Waals surface area (Å²) in [6, 6.07) is 5.24. The minimum atomic E-state index is -0.363. The minimum Gasteiger partial charge on any atom is -0.383 e. The summed E-state index contributed by atoms with van der Waals surface area (Å²) in [5.41, 5.74) is 1.78. The number of hydrogen-bond donors (Lipinski definition) is 1. The number of hydrogen-bond acceptors (Lipinski definition) is 4. The van der Waals surface area contributed by atoms with Gasteiger partial charge in [-0.1, -0.05) is 19.9 Å². The van der Waals surface area contributed by atoms with Gasteiger partial charge in [-0.3, -0.25) is 10.1 Å². The first-order valence-corrected chi connectivity index (χ1v) is 6.57. The monoisotopic (exact) mass is 265 g/mol. The summed E-state index contributed by atoms with van der Waals surface area (Å²) < 4.78 is 0. The summed E-state index contributed by atoms with van der Waals surface area (Å²) in [4.78, 5) is 12.7. The Labute approximate surface area is 114 Å². The number of nitro benzene ring substituents is 1. The highest BCUT2D eigenvalue weighted by atomic mass is 16.6. The molecule has 0 bridgehead atoms. The third-order valence-electron chi connectivity index (χ3n) is 3.07. The van der Waals surface area contributed by atoms with Crippen LogP contribution in [0.15, 0.2) is 18.2 Å². The fraction of sp³-hybridized carbons (Fsp3) is 0.571. The van der Waals surface area contributed by atoms with Crippen molar-refractivity contribution in [2.45, 2.75) is 26.8 Å². The number of nitrogens with zero attached hydrogens (tertiary/aromatic N) is 2. The molecule has 0 heterocycles. The largest absolute Gasteiger partial charge is 0.383 e. The highest BCUT2D eigenvalue weighted by Crippen LogP contribution is 2.25. The molecular weight excluding hydrogens is 242 g/mol. The molecule has 0 aliphatic rings. The number of benzene rings is 1. The molecule has 0 radical (unpaired) electrons. The van der Waals surface area contributed by atoms with E-state index in [9.17, 15) is 10.1 Å². The van der Waals surface area contributed by atoms with Crippen LogP contribution in [0.3, 0.4) is 0 Å². The molecule has 1 aromatic rings. The van der Waals surface area contributed by atoms with Crippen molar-refractivity contribution in [3.8, 4) is 0 Å². The zero-order valence-electron chi connectivity index (χ0n) is 12.1. The Hall–Kier alpha value is -1.62. The molecule has 0 fully saturated rings. The highest BCUT2D eigenvalue weighted by molar-refractivity contribution is 5.62. The fourth-order valence-corrected chi connectivity index (χ4v) is 1.91. The van der Waals surface area contributed by atoms with Gasteiger partial charge in [-0.2, -0.15) is 0 Å². The van der Waals surface area contributed by atoms with Gasteiger partial charge in [-0.05, 0) is 37.6 Å². The van der Waals surface area contributed by atoms with Gasteiger partial charge in [0.2, 0.25) is 0 Å². The topological polar surface area (TPSA) is 58.4 Å². The van der Waals surface area contributed by atoms with Gasteiger partial charge < -0.3 is 10.2 Å². The van der Waals surface area contributed by atoms with Crippen molar-refractivity contribution in [1.82, 2.24) is 4.90 Å². The predicted octanol–water partition coefficient (Wildman–Crippen LogP) is 3.11. The van der Waals surface area contributed by atoms with E-state index in [1.165, 1.54) is 0 Å². The molecule has 1 aromatic carbocycles. The molecular formula is C14H23N3O2. The summed E-state index contributed by atoms with van der Waals surface area (Å²) in [7, 11) is 3.78. The van der Waals surface area contributed by atoms with E-state index in [1.807, 2.05) is 12.1 Å². The molecule has 5 heteroatoms. The van der Waals surface area contributed by atoms with E-state index in [2.05, 4.69) is 31.1 Å². The molecule has 0 saturated heterocycles. The van der Waals surface area contributed by atoms with Crippen LogP contribution in [0, 0.1) is 16.0 Å². The Morgan fingerprint density at radius 1 is 1.42 bits per heavy atom. The van der Waals surface area contributed by atoms with Crippen LogP contribution < -0.4 is 5.32 Å². The normalized spacial score (nSPS) is 11.1. The van der Waals surface area contributed by atoms with Crippen LogP contribution in [0.4, 0.5) is 11.4 Å². The first-order chi connectivity index (χ1) is 8.93. The molecule has 106 valence electrons. The summed E-state index contributed by atoms with van der Waals surface area (Å²) >= 11 is 0. The summed E-state index contributed by atoms with van der Waals surface area (Å²) in [5, 5.41) is 13.7. The Balaban J connectivity index is 2.71.